The summed E-state index contributed by atoms with van der Waals surface area (Å²) in [4.78, 5) is 37.3. The first-order valence-electron chi connectivity index (χ1n) is 11.0. The normalized spacial score (nSPS) is 10.5. The highest BCUT2D eigenvalue weighted by atomic mass is 35.5. The Hall–Kier alpha value is -3.37. The lowest BCUT2D eigenvalue weighted by molar-refractivity contribution is -0.118. The van der Waals surface area contributed by atoms with E-state index in [4.69, 9.17) is 16.6 Å². The van der Waals surface area contributed by atoms with Crippen LogP contribution in [0.25, 0.3) is 11.4 Å². The summed E-state index contributed by atoms with van der Waals surface area (Å²) in [7, 11) is 0. The lowest BCUT2D eigenvalue weighted by Crippen LogP contribution is -2.29. The van der Waals surface area contributed by atoms with E-state index in [0.29, 0.717) is 59.3 Å². The van der Waals surface area contributed by atoms with E-state index in [1.54, 1.807) is 30.5 Å². The summed E-state index contributed by atoms with van der Waals surface area (Å²) in [5.74, 6) is 1.56. The minimum atomic E-state index is -0.175. The quantitative estimate of drug-likeness (QED) is 0.227. The number of benzene rings is 1. The highest BCUT2D eigenvalue weighted by Gasteiger charge is 2.14. The Morgan fingerprint density at radius 2 is 1.57 bits per heavy atom. The number of amides is 2. The average Bonchev–Trinajstić information content (AvgIpc) is 2.86. The summed E-state index contributed by atoms with van der Waals surface area (Å²) < 4.78 is 0. The Labute approximate surface area is 213 Å². The van der Waals surface area contributed by atoms with Gasteiger partial charge in [0.25, 0.3) is 5.91 Å². The molecule has 0 spiro atoms. The second-order valence-corrected chi connectivity index (χ2v) is 8.76. The average molecular weight is 514 g/mol. The van der Waals surface area contributed by atoms with Gasteiger partial charge in [0, 0.05) is 55.4 Å². The molecule has 3 rings (SSSR count). The largest absolute Gasteiger partial charge is 0.368 e. The maximum atomic E-state index is 12.5. The zero-order valence-electron chi connectivity index (χ0n) is 19.8. The number of halogens is 1. The Bertz CT molecular complexity index is 1180. The van der Waals surface area contributed by atoms with Crippen LogP contribution in [0.4, 0.5) is 11.6 Å². The summed E-state index contributed by atoms with van der Waals surface area (Å²) >= 11 is 7.46. The number of pyridine rings is 1. The molecular formula is C24H28ClN7O2S. The number of carbonyl (C=O) groups is 2. The predicted molar refractivity (Wildman–Crippen MR) is 141 cm³/mol. The van der Waals surface area contributed by atoms with Crippen molar-refractivity contribution < 1.29 is 9.59 Å². The number of nitrogens with zero attached hydrogens (tertiary/aromatic N) is 3. The van der Waals surface area contributed by atoms with Crippen LogP contribution in [0.1, 0.15) is 22.8 Å². The molecule has 2 aromatic heterocycles. The lowest BCUT2D eigenvalue weighted by Gasteiger charge is -2.16. The fraction of sp³-hybridized carbons (Fsp3) is 0.292. The minimum Gasteiger partial charge on any atom is -0.368 e. The van der Waals surface area contributed by atoms with Crippen LogP contribution in [0.3, 0.4) is 0 Å². The fourth-order valence-electron chi connectivity index (χ4n) is 3.19. The van der Waals surface area contributed by atoms with Gasteiger partial charge in [-0.3, -0.25) is 9.59 Å². The summed E-state index contributed by atoms with van der Waals surface area (Å²) in [5.41, 5.74) is 2.19. The third-order valence-corrected chi connectivity index (χ3v) is 5.92. The molecule has 0 fully saturated rings. The number of nitrogens with one attached hydrogen (secondary N) is 4. The van der Waals surface area contributed by atoms with Crippen LogP contribution in [-0.2, 0) is 4.79 Å². The van der Waals surface area contributed by atoms with Gasteiger partial charge in [0.2, 0.25) is 5.91 Å². The van der Waals surface area contributed by atoms with Crippen molar-refractivity contribution in [3.05, 3.63) is 58.7 Å². The highest BCUT2D eigenvalue weighted by Crippen LogP contribution is 2.26. The molecule has 2 heterocycles. The second kappa shape index (κ2) is 12.9. The smallest absolute Gasteiger partial charge is 0.254 e. The molecule has 1 aromatic carbocycles. The second-order valence-electron chi connectivity index (χ2n) is 7.53. The van der Waals surface area contributed by atoms with E-state index in [1.807, 2.05) is 25.3 Å². The van der Waals surface area contributed by atoms with E-state index in [2.05, 4.69) is 31.2 Å². The standard InChI is InChI=1S/C24H28ClN7O2S/c1-15-20(27-12-11-26-16(2)33)31-22(17-6-8-18(25)9-7-17)32-21(15)28-13-14-29-23(34)19-5-4-10-30-24(19)35-3/h4-10H,11-14H2,1-3H3,(H,26,33)(H,29,34)(H2,27,28,31,32). The molecule has 0 saturated carbocycles. The highest BCUT2D eigenvalue weighted by molar-refractivity contribution is 7.98. The van der Waals surface area contributed by atoms with Crippen LogP contribution in [-0.4, -0.2) is 59.2 Å². The van der Waals surface area contributed by atoms with Crippen LogP contribution >= 0.6 is 23.4 Å². The Morgan fingerprint density at radius 3 is 2.17 bits per heavy atom. The van der Waals surface area contributed by atoms with E-state index < -0.39 is 0 Å². The summed E-state index contributed by atoms with van der Waals surface area (Å²) in [6, 6.07) is 10.8. The molecule has 0 aliphatic carbocycles. The maximum Gasteiger partial charge on any atom is 0.254 e. The molecule has 0 aliphatic heterocycles. The van der Waals surface area contributed by atoms with Crippen molar-refractivity contribution in [3.8, 4) is 11.4 Å². The van der Waals surface area contributed by atoms with Gasteiger partial charge in [-0.05, 0) is 49.6 Å². The number of anilines is 2. The molecule has 0 bridgehead atoms. The summed E-state index contributed by atoms with van der Waals surface area (Å²) in [6.45, 7) is 5.22. The molecule has 0 unspecified atom stereocenters. The fourth-order valence-corrected chi connectivity index (χ4v) is 3.86. The summed E-state index contributed by atoms with van der Waals surface area (Å²) in [5, 5.41) is 13.5. The molecule has 0 radical (unpaired) electrons. The number of hydrogen-bond acceptors (Lipinski definition) is 8. The van der Waals surface area contributed by atoms with Crippen molar-refractivity contribution in [2.75, 3.05) is 43.1 Å². The third-order valence-electron chi connectivity index (χ3n) is 4.95. The van der Waals surface area contributed by atoms with Gasteiger partial charge in [0.05, 0.1) is 5.56 Å². The van der Waals surface area contributed by atoms with E-state index in [9.17, 15) is 9.59 Å². The van der Waals surface area contributed by atoms with E-state index in [0.717, 1.165) is 11.1 Å². The molecule has 3 aromatic rings. The maximum absolute atomic E-state index is 12.5. The zero-order chi connectivity index (χ0) is 25.2. The van der Waals surface area contributed by atoms with E-state index >= 15 is 0 Å². The van der Waals surface area contributed by atoms with Gasteiger partial charge >= 0.3 is 0 Å². The van der Waals surface area contributed by atoms with Crippen LogP contribution in [0.2, 0.25) is 5.02 Å². The number of rotatable bonds is 11. The number of aromatic nitrogens is 3. The van der Waals surface area contributed by atoms with Gasteiger partial charge in [0.15, 0.2) is 5.82 Å². The number of carbonyl (C=O) groups excluding carboxylic acids is 2. The number of thioether (sulfide) groups is 1. The van der Waals surface area contributed by atoms with Gasteiger partial charge in [-0.25, -0.2) is 15.0 Å². The Kier molecular flexibility index (Phi) is 9.68. The van der Waals surface area contributed by atoms with Gasteiger partial charge in [-0.2, -0.15) is 0 Å². The molecule has 11 heteroatoms. The minimum absolute atomic E-state index is 0.0894. The molecular weight excluding hydrogens is 486 g/mol. The SMILES string of the molecule is CSc1ncccc1C(=O)NCCNc1nc(-c2ccc(Cl)cc2)nc(NCCNC(C)=O)c1C. The first kappa shape index (κ1) is 26.2. The molecule has 0 aliphatic rings. The van der Waals surface area contributed by atoms with Crippen LogP contribution in [0.5, 0.6) is 0 Å². The van der Waals surface area contributed by atoms with Crippen molar-refractivity contribution in [3.63, 3.8) is 0 Å². The molecule has 184 valence electrons. The molecule has 35 heavy (non-hydrogen) atoms. The Morgan fingerprint density at radius 1 is 0.943 bits per heavy atom. The van der Waals surface area contributed by atoms with Crippen molar-refractivity contribution >= 4 is 46.8 Å². The first-order chi connectivity index (χ1) is 16.9. The molecule has 0 atom stereocenters. The topological polar surface area (TPSA) is 121 Å². The molecule has 0 saturated heterocycles. The Balaban J connectivity index is 1.71. The van der Waals surface area contributed by atoms with Crippen LogP contribution in [0, 0.1) is 6.92 Å². The summed E-state index contributed by atoms with van der Waals surface area (Å²) in [6.07, 6.45) is 3.56. The van der Waals surface area contributed by atoms with E-state index in [-0.39, 0.29) is 11.8 Å². The van der Waals surface area contributed by atoms with E-state index in [1.165, 1.54) is 18.7 Å². The van der Waals surface area contributed by atoms with Gasteiger partial charge in [-0.15, -0.1) is 11.8 Å². The van der Waals surface area contributed by atoms with Crippen molar-refractivity contribution in [2.24, 2.45) is 0 Å². The predicted octanol–water partition coefficient (Wildman–Crippen LogP) is 3.61. The van der Waals surface area contributed by atoms with Gasteiger partial charge in [-0.1, -0.05) is 11.6 Å². The van der Waals surface area contributed by atoms with Crippen LogP contribution in [0.15, 0.2) is 47.6 Å². The van der Waals surface area contributed by atoms with Gasteiger partial charge in [0.1, 0.15) is 16.7 Å². The lowest BCUT2D eigenvalue weighted by atomic mass is 10.2. The number of hydrogen-bond donors (Lipinski definition) is 4. The molecule has 4 N–H and O–H groups in total. The zero-order valence-corrected chi connectivity index (χ0v) is 21.4. The van der Waals surface area contributed by atoms with Crippen molar-refractivity contribution in [2.45, 2.75) is 18.9 Å². The first-order valence-corrected chi connectivity index (χ1v) is 12.6. The molecule has 2 amide bonds. The van der Waals surface area contributed by atoms with Crippen molar-refractivity contribution in [1.29, 1.82) is 0 Å². The van der Waals surface area contributed by atoms with Gasteiger partial charge < -0.3 is 21.3 Å². The van der Waals surface area contributed by atoms with Crippen molar-refractivity contribution in [1.82, 2.24) is 25.6 Å². The molecule has 9 nitrogen and oxygen atoms in total. The van der Waals surface area contributed by atoms with Crippen LogP contribution < -0.4 is 21.3 Å². The third kappa shape index (κ3) is 7.56. The monoisotopic (exact) mass is 513 g/mol.